The lowest BCUT2D eigenvalue weighted by Gasteiger charge is -2.34. The molecule has 154 valence electrons. The molecule has 7 heteroatoms. The topological polar surface area (TPSA) is 90.9 Å². The summed E-state index contributed by atoms with van der Waals surface area (Å²) >= 11 is 0. The van der Waals surface area contributed by atoms with Crippen LogP contribution in [0.2, 0.25) is 0 Å². The number of phenolic OH excluding ortho intramolecular Hbond substituents is 1. The number of amides is 2. The van der Waals surface area contributed by atoms with Crippen molar-refractivity contribution in [3.05, 3.63) is 48.5 Å². The van der Waals surface area contributed by atoms with E-state index in [0.29, 0.717) is 31.6 Å². The van der Waals surface area contributed by atoms with Crippen molar-refractivity contribution >= 4 is 23.2 Å². The molecule has 2 aromatic carbocycles. The van der Waals surface area contributed by atoms with Crippen molar-refractivity contribution in [2.45, 2.75) is 25.8 Å². The van der Waals surface area contributed by atoms with Crippen molar-refractivity contribution in [1.29, 1.82) is 0 Å². The lowest BCUT2D eigenvalue weighted by molar-refractivity contribution is -0.123. The molecule has 2 amide bonds. The summed E-state index contributed by atoms with van der Waals surface area (Å²) < 4.78 is 5.12. The van der Waals surface area contributed by atoms with Gasteiger partial charge in [-0.05, 0) is 69.3 Å². The van der Waals surface area contributed by atoms with Gasteiger partial charge in [-0.2, -0.15) is 0 Å². The molecule has 0 radical (unpaired) electrons. The number of ether oxygens (including phenoxy) is 1. The molecular formula is C22H27N3O4. The maximum atomic E-state index is 12.6. The normalized spacial score (nSPS) is 16.1. The van der Waals surface area contributed by atoms with Crippen LogP contribution in [0.5, 0.6) is 11.5 Å². The van der Waals surface area contributed by atoms with E-state index in [1.807, 2.05) is 6.92 Å². The number of para-hydroxylation sites is 2. The molecule has 3 rings (SSSR count). The molecule has 0 spiro atoms. The fourth-order valence-corrected chi connectivity index (χ4v) is 3.45. The highest BCUT2D eigenvalue weighted by Crippen LogP contribution is 2.25. The summed E-state index contributed by atoms with van der Waals surface area (Å²) in [6, 6.07) is 13.6. The second-order valence-electron chi connectivity index (χ2n) is 7.21. The summed E-state index contributed by atoms with van der Waals surface area (Å²) in [7, 11) is 1.60. The van der Waals surface area contributed by atoms with E-state index in [0.717, 1.165) is 11.4 Å². The number of nitrogens with zero attached hydrogens (tertiary/aromatic N) is 1. The molecule has 1 aliphatic heterocycles. The second kappa shape index (κ2) is 9.43. The Bertz CT molecular complexity index is 845. The van der Waals surface area contributed by atoms with Gasteiger partial charge >= 0.3 is 0 Å². The number of benzene rings is 2. The minimum atomic E-state index is -0.292. The first-order valence-electron chi connectivity index (χ1n) is 9.75. The van der Waals surface area contributed by atoms with Crippen LogP contribution in [0.4, 0.5) is 11.4 Å². The van der Waals surface area contributed by atoms with Gasteiger partial charge in [0.25, 0.3) is 0 Å². The first kappa shape index (κ1) is 20.7. The summed E-state index contributed by atoms with van der Waals surface area (Å²) in [6.07, 6.45) is 1.33. The van der Waals surface area contributed by atoms with Crippen molar-refractivity contribution in [2.24, 2.45) is 5.92 Å². The van der Waals surface area contributed by atoms with Crippen LogP contribution in [-0.2, 0) is 9.59 Å². The number of aromatic hydroxyl groups is 1. The molecule has 1 saturated heterocycles. The van der Waals surface area contributed by atoms with Gasteiger partial charge in [-0.1, -0.05) is 12.1 Å². The minimum absolute atomic E-state index is 0.0575. The van der Waals surface area contributed by atoms with Crippen molar-refractivity contribution < 1.29 is 19.4 Å². The Kier molecular flexibility index (Phi) is 6.72. The predicted octanol–water partition coefficient (Wildman–Crippen LogP) is 3.08. The quantitative estimate of drug-likeness (QED) is 0.652. The molecule has 0 aromatic heterocycles. The molecule has 3 N–H and O–H groups in total. The summed E-state index contributed by atoms with van der Waals surface area (Å²) in [5.41, 5.74) is 1.15. The zero-order chi connectivity index (χ0) is 20.8. The van der Waals surface area contributed by atoms with Crippen LogP contribution in [0.15, 0.2) is 48.5 Å². The van der Waals surface area contributed by atoms with Gasteiger partial charge in [-0.25, -0.2) is 0 Å². The number of rotatable bonds is 6. The number of carbonyl (C=O) groups is 2. The molecule has 1 fully saturated rings. The number of likely N-dealkylation sites (tertiary alicyclic amines) is 1. The molecule has 0 aliphatic carbocycles. The lowest BCUT2D eigenvalue weighted by atomic mass is 9.94. The highest BCUT2D eigenvalue weighted by molar-refractivity contribution is 5.95. The Hall–Kier alpha value is -3.06. The van der Waals surface area contributed by atoms with Crippen molar-refractivity contribution in [3.8, 4) is 11.5 Å². The Morgan fingerprint density at radius 3 is 2.34 bits per heavy atom. The molecule has 7 nitrogen and oxygen atoms in total. The third kappa shape index (κ3) is 5.26. The highest BCUT2D eigenvalue weighted by Gasteiger charge is 2.30. The largest absolute Gasteiger partial charge is 0.506 e. The number of methoxy groups -OCH3 is 1. The Balaban J connectivity index is 1.49. The van der Waals surface area contributed by atoms with Crippen LogP contribution in [0.1, 0.15) is 19.8 Å². The SMILES string of the molecule is COc1ccc(NC(=O)[C@@H](C)N2CCC(C(=O)Nc3ccccc3O)CC2)cc1. The number of piperidine rings is 1. The summed E-state index contributed by atoms with van der Waals surface area (Å²) in [4.78, 5) is 27.1. The molecule has 1 atom stereocenters. The molecule has 1 heterocycles. The van der Waals surface area contributed by atoms with Gasteiger partial charge in [0.15, 0.2) is 0 Å². The Morgan fingerprint density at radius 1 is 1.07 bits per heavy atom. The average molecular weight is 397 g/mol. The molecule has 0 saturated carbocycles. The van der Waals surface area contributed by atoms with E-state index < -0.39 is 0 Å². The average Bonchev–Trinajstić information content (AvgIpc) is 2.75. The molecule has 29 heavy (non-hydrogen) atoms. The lowest BCUT2D eigenvalue weighted by Crippen LogP contribution is -2.47. The van der Waals surface area contributed by atoms with Gasteiger partial charge in [0.1, 0.15) is 11.5 Å². The van der Waals surface area contributed by atoms with E-state index in [2.05, 4.69) is 15.5 Å². The molecule has 2 aromatic rings. The Morgan fingerprint density at radius 2 is 1.72 bits per heavy atom. The van der Waals surface area contributed by atoms with Gasteiger partial charge < -0.3 is 20.5 Å². The number of carbonyl (C=O) groups excluding carboxylic acids is 2. The summed E-state index contributed by atoms with van der Waals surface area (Å²) in [5.74, 6) is 0.485. The zero-order valence-corrected chi connectivity index (χ0v) is 16.7. The van der Waals surface area contributed by atoms with Crippen LogP contribution < -0.4 is 15.4 Å². The molecule has 0 unspecified atom stereocenters. The van der Waals surface area contributed by atoms with Crippen molar-refractivity contribution in [1.82, 2.24) is 4.90 Å². The first-order valence-corrected chi connectivity index (χ1v) is 9.75. The molecule has 0 bridgehead atoms. The van der Waals surface area contributed by atoms with E-state index in [9.17, 15) is 14.7 Å². The van der Waals surface area contributed by atoms with Gasteiger partial charge in [-0.15, -0.1) is 0 Å². The summed E-state index contributed by atoms with van der Waals surface area (Å²) in [6.45, 7) is 3.20. The number of hydrogen-bond acceptors (Lipinski definition) is 5. The molecular weight excluding hydrogens is 370 g/mol. The van der Waals surface area contributed by atoms with Gasteiger partial charge in [0, 0.05) is 11.6 Å². The Labute approximate surface area is 170 Å². The third-order valence-electron chi connectivity index (χ3n) is 5.35. The third-order valence-corrected chi connectivity index (χ3v) is 5.35. The van der Waals surface area contributed by atoms with Gasteiger partial charge in [-0.3, -0.25) is 14.5 Å². The van der Waals surface area contributed by atoms with E-state index in [1.54, 1.807) is 55.6 Å². The van der Waals surface area contributed by atoms with E-state index in [4.69, 9.17) is 4.74 Å². The van der Waals surface area contributed by atoms with Crippen LogP contribution in [-0.4, -0.2) is 48.1 Å². The standard InChI is InChI=1S/C22H27N3O4/c1-15(21(27)23-17-7-9-18(29-2)10-8-17)25-13-11-16(12-14-25)22(28)24-19-5-3-4-6-20(19)26/h3-10,15-16,26H,11-14H2,1-2H3,(H,23,27)(H,24,28)/t15-/m1/s1. The number of phenols is 1. The van der Waals surface area contributed by atoms with E-state index in [1.165, 1.54) is 0 Å². The van der Waals surface area contributed by atoms with Crippen LogP contribution in [0.25, 0.3) is 0 Å². The van der Waals surface area contributed by atoms with E-state index >= 15 is 0 Å². The van der Waals surface area contributed by atoms with Crippen LogP contribution >= 0.6 is 0 Å². The first-order chi connectivity index (χ1) is 14.0. The maximum Gasteiger partial charge on any atom is 0.241 e. The number of nitrogens with one attached hydrogen (secondary N) is 2. The van der Waals surface area contributed by atoms with Crippen LogP contribution in [0.3, 0.4) is 0 Å². The number of anilines is 2. The van der Waals surface area contributed by atoms with Crippen molar-refractivity contribution in [3.63, 3.8) is 0 Å². The van der Waals surface area contributed by atoms with Gasteiger partial charge in [0.2, 0.25) is 11.8 Å². The number of hydrogen-bond donors (Lipinski definition) is 3. The predicted molar refractivity (Wildman–Crippen MR) is 112 cm³/mol. The summed E-state index contributed by atoms with van der Waals surface area (Å²) in [5, 5.41) is 15.5. The van der Waals surface area contributed by atoms with Gasteiger partial charge in [0.05, 0.1) is 18.8 Å². The fraction of sp³-hybridized carbons (Fsp3) is 0.364. The van der Waals surface area contributed by atoms with Crippen LogP contribution in [0, 0.1) is 5.92 Å². The van der Waals surface area contributed by atoms with E-state index in [-0.39, 0.29) is 29.5 Å². The zero-order valence-electron chi connectivity index (χ0n) is 16.7. The maximum absolute atomic E-state index is 12.6. The smallest absolute Gasteiger partial charge is 0.241 e. The minimum Gasteiger partial charge on any atom is -0.506 e. The molecule has 1 aliphatic rings. The fourth-order valence-electron chi connectivity index (χ4n) is 3.45. The van der Waals surface area contributed by atoms with Crippen molar-refractivity contribution in [2.75, 3.05) is 30.8 Å². The highest BCUT2D eigenvalue weighted by atomic mass is 16.5. The monoisotopic (exact) mass is 397 g/mol. The second-order valence-corrected chi connectivity index (χ2v) is 7.21.